The molecule has 2 saturated heterocycles. The lowest BCUT2D eigenvalue weighted by Crippen LogP contribution is -2.66. The molecule has 184 valence electrons. The molecule has 0 aliphatic carbocycles. The summed E-state index contributed by atoms with van der Waals surface area (Å²) < 4.78 is 27.3. The second-order valence-electron chi connectivity index (χ2n) is 10.1. The van der Waals surface area contributed by atoms with Crippen molar-refractivity contribution in [1.29, 1.82) is 0 Å². The van der Waals surface area contributed by atoms with Gasteiger partial charge in [-0.25, -0.2) is 19.2 Å². The number of nitrogens with zero attached hydrogens (tertiary/aromatic N) is 5. The van der Waals surface area contributed by atoms with E-state index < -0.39 is 11.4 Å². The number of hydrogen-bond acceptors (Lipinski definition) is 8. The van der Waals surface area contributed by atoms with E-state index in [0.717, 1.165) is 25.7 Å². The van der Waals surface area contributed by atoms with Gasteiger partial charge in [-0.05, 0) is 46.3 Å². The molecule has 5 rings (SSSR count). The molecule has 3 aliphatic rings. The summed E-state index contributed by atoms with van der Waals surface area (Å²) in [6, 6.07) is -0.342. The number of fused-ring (bicyclic) bond motifs is 5. The Morgan fingerprint density at radius 2 is 2.06 bits per heavy atom. The highest BCUT2D eigenvalue weighted by Crippen LogP contribution is 2.46. The van der Waals surface area contributed by atoms with Gasteiger partial charge in [0, 0.05) is 6.54 Å². The second kappa shape index (κ2) is 8.55. The Morgan fingerprint density at radius 1 is 1.29 bits per heavy atom. The topological polar surface area (TPSA) is 80.7 Å². The molecule has 1 amide bonds. The van der Waals surface area contributed by atoms with Gasteiger partial charge in [0.2, 0.25) is 5.88 Å². The second-order valence-corrected chi connectivity index (χ2v) is 11.2. The molecule has 2 bridgehead atoms. The van der Waals surface area contributed by atoms with Crippen molar-refractivity contribution in [3.05, 3.63) is 11.0 Å². The van der Waals surface area contributed by atoms with Crippen LogP contribution >= 0.6 is 23.4 Å². The minimum absolute atomic E-state index is 0.0345. The molecular formula is C23H29ClFN5O3S. The highest BCUT2D eigenvalue weighted by Gasteiger charge is 2.54. The standard InChI is InChI=1S/C23H29ClFN5O3S/c1-6-7-13-17-12-9-8-11(30(12)22(31)33-23(2,3)4)10-29(17)19-14-16(26-21(28-19)34-5)15(25)18(24)27-20(14)32-13/h11-13,17H,6-10H2,1-5H3/t11-,12+,13?,17+/m1/s1. The summed E-state index contributed by atoms with van der Waals surface area (Å²) >= 11 is 7.49. The number of anilines is 1. The van der Waals surface area contributed by atoms with Gasteiger partial charge in [-0.15, -0.1) is 0 Å². The van der Waals surface area contributed by atoms with Crippen LogP contribution in [0.25, 0.3) is 10.9 Å². The third-order valence-corrected chi connectivity index (χ3v) is 7.45. The first-order valence-corrected chi connectivity index (χ1v) is 13.3. The van der Waals surface area contributed by atoms with Crippen LogP contribution in [0.1, 0.15) is 53.4 Å². The summed E-state index contributed by atoms with van der Waals surface area (Å²) in [4.78, 5) is 30.8. The van der Waals surface area contributed by atoms with E-state index in [4.69, 9.17) is 26.1 Å². The van der Waals surface area contributed by atoms with E-state index in [0.29, 0.717) is 22.9 Å². The number of thioether (sulfide) groups is 1. The van der Waals surface area contributed by atoms with Gasteiger partial charge >= 0.3 is 6.09 Å². The fourth-order valence-corrected chi connectivity index (χ4v) is 5.97. The van der Waals surface area contributed by atoms with Gasteiger partial charge in [-0.1, -0.05) is 36.7 Å². The highest BCUT2D eigenvalue weighted by atomic mass is 35.5. The Hall–Kier alpha value is -2.07. The minimum Gasteiger partial charge on any atom is -0.471 e. The van der Waals surface area contributed by atoms with Crippen LogP contribution < -0.4 is 9.64 Å². The summed E-state index contributed by atoms with van der Waals surface area (Å²) in [7, 11) is 0. The molecule has 0 saturated carbocycles. The molecule has 2 aromatic heterocycles. The van der Waals surface area contributed by atoms with E-state index in [1.807, 2.05) is 31.9 Å². The van der Waals surface area contributed by atoms with Crippen molar-refractivity contribution < 1.29 is 18.7 Å². The number of pyridine rings is 1. The van der Waals surface area contributed by atoms with Crippen molar-refractivity contribution in [1.82, 2.24) is 19.9 Å². The fourth-order valence-electron chi connectivity index (χ4n) is 5.45. The van der Waals surface area contributed by atoms with Crippen LogP contribution in [0, 0.1) is 5.82 Å². The summed E-state index contributed by atoms with van der Waals surface area (Å²) in [5, 5.41) is 0.615. The molecule has 0 spiro atoms. The predicted octanol–water partition coefficient (Wildman–Crippen LogP) is 5.06. The molecule has 4 atom stereocenters. The number of hydrogen-bond donors (Lipinski definition) is 0. The lowest BCUT2D eigenvalue weighted by atomic mass is 9.94. The van der Waals surface area contributed by atoms with Gasteiger partial charge in [0.15, 0.2) is 16.1 Å². The minimum atomic E-state index is -0.677. The largest absolute Gasteiger partial charge is 0.471 e. The van der Waals surface area contributed by atoms with Crippen molar-refractivity contribution >= 4 is 46.2 Å². The molecule has 2 fully saturated rings. The number of rotatable bonds is 3. The van der Waals surface area contributed by atoms with Gasteiger partial charge in [0.1, 0.15) is 28.4 Å². The third kappa shape index (κ3) is 3.82. The summed E-state index contributed by atoms with van der Waals surface area (Å²) in [6.45, 7) is 8.26. The summed E-state index contributed by atoms with van der Waals surface area (Å²) in [6.07, 6.45) is 4.55. The molecule has 1 unspecified atom stereocenters. The number of ether oxygens (including phenoxy) is 2. The van der Waals surface area contributed by atoms with E-state index in [1.54, 1.807) is 0 Å². The normalized spacial score (nSPS) is 25.7. The van der Waals surface area contributed by atoms with E-state index in [2.05, 4.69) is 21.8 Å². The SMILES string of the molecule is CCCC1Oc2nc(Cl)c(F)c3nc(SC)nc(c23)N2C[C@H]3CC[C@@H]([C@@H]12)N3C(=O)OC(C)(C)C. The molecule has 5 heterocycles. The molecule has 11 heteroatoms. The monoisotopic (exact) mass is 509 g/mol. The number of carbonyl (C=O) groups excluding carboxylic acids is 1. The van der Waals surface area contributed by atoms with Crippen LogP contribution in [0.15, 0.2) is 5.16 Å². The molecule has 0 aromatic carbocycles. The van der Waals surface area contributed by atoms with Gasteiger partial charge < -0.3 is 14.4 Å². The first-order chi connectivity index (χ1) is 16.1. The van der Waals surface area contributed by atoms with Crippen LogP contribution in [0.2, 0.25) is 5.15 Å². The predicted molar refractivity (Wildman–Crippen MR) is 129 cm³/mol. The smallest absolute Gasteiger partial charge is 0.410 e. The third-order valence-electron chi connectivity index (χ3n) is 6.66. The van der Waals surface area contributed by atoms with Crippen LogP contribution in [-0.2, 0) is 4.74 Å². The average Bonchev–Trinajstić information content (AvgIpc) is 3.02. The van der Waals surface area contributed by atoms with Gasteiger partial charge in [-0.2, -0.15) is 4.98 Å². The van der Waals surface area contributed by atoms with Crippen molar-refractivity contribution in [3.63, 3.8) is 0 Å². The fraction of sp³-hybridized carbons (Fsp3) is 0.652. The van der Waals surface area contributed by atoms with Gasteiger partial charge in [-0.3, -0.25) is 4.90 Å². The Balaban J connectivity index is 1.67. The van der Waals surface area contributed by atoms with Crippen LogP contribution in [0.3, 0.4) is 0 Å². The molecule has 2 aromatic rings. The van der Waals surface area contributed by atoms with Gasteiger partial charge in [0.05, 0.1) is 18.1 Å². The van der Waals surface area contributed by atoms with Crippen LogP contribution in [0.4, 0.5) is 15.0 Å². The van der Waals surface area contributed by atoms with E-state index in [-0.39, 0.29) is 46.9 Å². The number of halogens is 2. The highest BCUT2D eigenvalue weighted by molar-refractivity contribution is 7.98. The van der Waals surface area contributed by atoms with Crippen LogP contribution in [0.5, 0.6) is 5.88 Å². The molecule has 34 heavy (non-hydrogen) atoms. The quantitative estimate of drug-likeness (QED) is 0.323. The maximum atomic E-state index is 15.1. The maximum Gasteiger partial charge on any atom is 0.410 e. The molecular weight excluding hydrogens is 481 g/mol. The maximum absolute atomic E-state index is 15.1. The number of amides is 1. The zero-order valence-electron chi connectivity index (χ0n) is 20.0. The Bertz CT molecular complexity index is 1150. The Labute approximate surface area is 207 Å². The van der Waals surface area contributed by atoms with Gasteiger partial charge in [0.25, 0.3) is 0 Å². The first-order valence-electron chi connectivity index (χ1n) is 11.7. The molecule has 0 radical (unpaired) electrons. The van der Waals surface area contributed by atoms with Crippen molar-refractivity contribution in [3.8, 4) is 5.88 Å². The lowest BCUT2D eigenvalue weighted by Gasteiger charge is -2.48. The number of piperazine rings is 1. The van der Waals surface area contributed by atoms with E-state index in [9.17, 15) is 4.79 Å². The van der Waals surface area contributed by atoms with Crippen LogP contribution in [-0.4, -0.2) is 68.6 Å². The van der Waals surface area contributed by atoms with E-state index in [1.165, 1.54) is 11.8 Å². The summed E-state index contributed by atoms with van der Waals surface area (Å²) in [5.74, 6) is 0.164. The molecule has 8 nitrogen and oxygen atoms in total. The molecule has 3 aliphatic heterocycles. The lowest BCUT2D eigenvalue weighted by molar-refractivity contribution is -0.000958. The zero-order valence-corrected chi connectivity index (χ0v) is 21.5. The first kappa shape index (κ1) is 23.7. The number of carbonyl (C=O) groups is 1. The van der Waals surface area contributed by atoms with Crippen molar-refractivity contribution in [2.24, 2.45) is 0 Å². The Morgan fingerprint density at radius 3 is 2.74 bits per heavy atom. The summed E-state index contributed by atoms with van der Waals surface area (Å²) in [5.41, 5.74) is -0.473. The average molecular weight is 510 g/mol. The Kier molecular flexibility index (Phi) is 5.95. The van der Waals surface area contributed by atoms with E-state index >= 15 is 4.39 Å². The number of aromatic nitrogens is 3. The molecule has 0 N–H and O–H groups in total. The van der Waals surface area contributed by atoms with Crippen molar-refractivity contribution in [2.45, 2.75) is 88.4 Å². The van der Waals surface area contributed by atoms with Crippen molar-refractivity contribution in [2.75, 3.05) is 17.7 Å². The zero-order chi connectivity index (χ0) is 24.4.